The van der Waals surface area contributed by atoms with Crippen molar-refractivity contribution in [3.63, 3.8) is 0 Å². The molecule has 0 saturated carbocycles. The van der Waals surface area contributed by atoms with Crippen molar-refractivity contribution in [1.29, 1.82) is 0 Å². The van der Waals surface area contributed by atoms with Gasteiger partial charge >= 0.3 is 0 Å². The highest BCUT2D eigenvalue weighted by Gasteiger charge is 2.21. The molecule has 1 heterocycles. The molecule has 0 aliphatic heterocycles. The summed E-state index contributed by atoms with van der Waals surface area (Å²) in [5.74, 6) is 2.04. The molecule has 0 aliphatic carbocycles. The number of aromatic nitrogens is 3. The Morgan fingerprint density at radius 2 is 1.59 bits per heavy atom. The predicted molar refractivity (Wildman–Crippen MR) is 132 cm³/mol. The zero-order chi connectivity index (χ0) is 23.8. The lowest BCUT2D eigenvalue weighted by atomic mass is 10.2. The molecule has 0 radical (unpaired) electrons. The van der Waals surface area contributed by atoms with Crippen LogP contribution in [0.25, 0.3) is 5.69 Å². The number of ether oxygens (including phenoxy) is 2. The SMILES string of the molecule is COc1ccc(OCc2nnc(SC(C)C(=O)NCc3ccccc3)n2-c2ccccc2)cc1. The van der Waals surface area contributed by atoms with Crippen LogP contribution in [0.5, 0.6) is 11.5 Å². The number of hydrogen-bond donors (Lipinski definition) is 1. The molecule has 1 amide bonds. The number of nitrogens with zero attached hydrogens (tertiary/aromatic N) is 3. The normalized spacial score (nSPS) is 11.6. The minimum atomic E-state index is -0.356. The molecule has 1 aromatic heterocycles. The lowest BCUT2D eigenvalue weighted by Crippen LogP contribution is -2.30. The molecule has 1 atom stereocenters. The van der Waals surface area contributed by atoms with E-state index in [4.69, 9.17) is 9.47 Å². The largest absolute Gasteiger partial charge is 0.497 e. The van der Waals surface area contributed by atoms with Gasteiger partial charge in [0.2, 0.25) is 5.91 Å². The first-order valence-electron chi connectivity index (χ1n) is 10.9. The number of carbonyl (C=O) groups excluding carboxylic acids is 1. The number of hydrogen-bond acceptors (Lipinski definition) is 6. The van der Waals surface area contributed by atoms with Crippen molar-refractivity contribution in [1.82, 2.24) is 20.1 Å². The van der Waals surface area contributed by atoms with E-state index in [9.17, 15) is 4.79 Å². The molecule has 34 heavy (non-hydrogen) atoms. The van der Waals surface area contributed by atoms with Crippen LogP contribution in [0, 0.1) is 0 Å². The maximum Gasteiger partial charge on any atom is 0.233 e. The minimum Gasteiger partial charge on any atom is -0.497 e. The smallest absolute Gasteiger partial charge is 0.233 e. The van der Waals surface area contributed by atoms with E-state index in [1.54, 1.807) is 7.11 Å². The number of methoxy groups -OCH3 is 1. The van der Waals surface area contributed by atoms with E-state index in [2.05, 4.69) is 15.5 Å². The summed E-state index contributed by atoms with van der Waals surface area (Å²) < 4.78 is 13.1. The Kier molecular flexibility index (Phi) is 7.83. The minimum absolute atomic E-state index is 0.0625. The molecule has 3 aromatic carbocycles. The maximum atomic E-state index is 12.7. The van der Waals surface area contributed by atoms with Gasteiger partial charge in [0.15, 0.2) is 11.0 Å². The second-order valence-corrected chi connectivity index (χ2v) is 8.81. The summed E-state index contributed by atoms with van der Waals surface area (Å²) in [5, 5.41) is 12.0. The highest BCUT2D eigenvalue weighted by atomic mass is 32.2. The monoisotopic (exact) mass is 474 g/mol. The average Bonchev–Trinajstić information content (AvgIpc) is 3.29. The first-order valence-corrected chi connectivity index (χ1v) is 11.8. The predicted octanol–water partition coefficient (Wildman–Crippen LogP) is 4.65. The Morgan fingerprint density at radius 1 is 0.941 bits per heavy atom. The van der Waals surface area contributed by atoms with Crippen LogP contribution in [0.1, 0.15) is 18.3 Å². The van der Waals surface area contributed by atoms with Crippen LogP contribution in [-0.2, 0) is 17.9 Å². The van der Waals surface area contributed by atoms with Crippen LogP contribution < -0.4 is 14.8 Å². The van der Waals surface area contributed by atoms with Gasteiger partial charge in [0.25, 0.3) is 0 Å². The Balaban J connectivity index is 1.47. The molecule has 1 N–H and O–H groups in total. The standard InChI is InChI=1S/C26H26N4O3S/c1-19(25(31)27-17-20-9-5-3-6-10-20)34-26-29-28-24(30(26)21-11-7-4-8-12-21)18-33-23-15-13-22(32-2)14-16-23/h3-16,19H,17-18H2,1-2H3,(H,27,31). The Bertz CT molecular complexity index is 1200. The molecule has 1 unspecified atom stereocenters. The molecule has 0 bridgehead atoms. The van der Waals surface area contributed by atoms with E-state index in [0.29, 0.717) is 23.3 Å². The second-order valence-electron chi connectivity index (χ2n) is 7.50. The molecular weight excluding hydrogens is 448 g/mol. The summed E-state index contributed by atoms with van der Waals surface area (Å²) in [6.45, 7) is 2.57. The summed E-state index contributed by atoms with van der Waals surface area (Å²) in [5.41, 5.74) is 1.96. The zero-order valence-corrected chi connectivity index (χ0v) is 19.9. The molecule has 0 aliphatic rings. The third-order valence-corrected chi connectivity index (χ3v) is 6.15. The van der Waals surface area contributed by atoms with Crippen LogP contribution in [0.15, 0.2) is 90.1 Å². The van der Waals surface area contributed by atoms with Crippen LogP contribution in [0.3, 0.4) is 0 Å². The van der Waals surface area contributed by atoms with Crippen molar-refractivity contribution in [2.45, 2.75) is 30.5 Å². The van der Waals surface area contributed by atoms with Gasteiger partial charge in [-0.05, 0) is 48.9 Å². The Labute approximate surface area is 203 Å². The molecule has 0 saturated heterocycles. The number of rotatable bonds is 10. The Hall–Kier alpha value is -3.78. The molecule has 4 aromatic rings. The topological polar surface area (TPSA) is 78.3 Å². The fourth-order valence-corrected chi connectivity index (χ4v) is 4.18. The van der Waals surface area contributed by atoms with Crippen LogP contribution in [0.2, 0.25) is 0 Å². The first-order chi connectivity index (χ1) is 16.6. The number of benzene rings is 3. The summed E-state index contributed by atoms with van der Waals surface area (Å²) in [4.78, 5) is 12.7. The lowest BCUT2D eigenvalue weighted by molar-refractivity contribution is -0.120. The molecule has 7 nitrogen and oxygen atoms in total. The zero-order valence-electron chi connectivity index (χ0n) is 19.0. The summed E-state index contributed by atoms with van der Waals surface area (Å²) in [6.07, 6.45) is 0. The third-order valence-electron chi connectivity index (χ3n) is 5.10. The fraction of sp³-hybridized carbons (Fsp3) is 0.192. The van der Waals surface area contributed by atoms with Gasteiger partial charge in [-0.3, -0.25) is 9.36 Å². The van der Waals surface area contributed by atoms with Crippen molar-refractivity contribution in [2.75, 3.05) is 7.11 Å². The van der Waals surface area contributed by atoms with Crippen molar-refractivity contribution in [3.8, 4) is 17.2 Å². The van der Waals surface area contributed by atoms with Crippen molar-refractivity contribution in [2.24, 2.45) is 0 Å². The highest BCUT2D eigenvalue weighted by molar-refractivity contribution is 8.00. The van der Waals surface area contributed by atoms with Gasteiger partial charge < -0.3 is 14.8 Å². The van der Waals surface area contributed by atoms with E-state index in [1.165, 1.54) is 11.8 Å². The Morgan fingerprint density at radius 3 is 2.26 bits per heavy atom. The van der Waals surface area contributed by atoms with E-state index < -0.39 is 0 Å². The quantitative estimate of drug-likeness (QED) is 0.337. The van der Waals surface area contributed by atoms with Crippen molar-refractivity contribution in [3.05, 3.63) is 96.3 Å². The van der Waals surface area contributed by atoms with Gasteiger partial charge in [-0.15, -0.1) is 10.2 Å². The third kappa shape index (κ3) is 5.96. The van der Waals surface area contributed by atoms with Crippen molar-refractivity contribution < 1.29 is 14.3 Å². The van der Waals surface area contributed by atoms with Crippen LogP contribution >= 0.6 is 11.8 Å². The highest BCUT2D eigenvalue weighted by Crippen LogP contribution is 2.27. The van der Waals surface area contributed by atoms with Gasteiger partial charge in [0.1, 0.15) is 18.1 Å². The van der Waals surface area contributed by atoms with Crippen molar-refractivity contribution >= 4 is 17.7 Å². The lowest BCUT2D eigenvalue weighted by Gasteiger charge is -2.14. The van der Waals surface area contributed by atoms with Gasteiger partial charge in [0, 0.05) is 12.2 Å². The maximum absolute atomic E-state index is 12.7. The number of carbonyl (C=O) groups is 1. The fourth-order valence-electron chi connectivity index (χ4n) is 3.27. The number of para-hydroxylation sites is 1. The average molecular weight is 475 g/mol. The van der Waals surface area contributed by atoms with Gasteiger partial charge in [-0.2, -0.15) is 0 Å². The summed E-state index contributed by atoms with van der Waals surface area (Å²) >= 11 is 1.36. The van der Waals surface area contributed by atoms with Crippen LogP contribution in [-0.4, -0.2) is 33.0 Å². The van der Waals surface area contributed by atoms with Crippen LogP contribution in [0.4, 0.5) is 0 Å². The van der Waals surface area contributed by atoms with E-state index in [-0.39, 0.29) is 17.8 Å². The summed E-state index contributed by atoms with van der Waals surface area (Å²) in [7, 11) is 1.63. The number of thioether (sulfide) groups is 1. The molecule has 4 rings (SSSR count). The second kappa shape index (κ2) is 11.4. The molecule has 0 spiro atoms. The summed E-state index contributed by atoms with van der Waals surface area (Å²) in [6, 6.07) is 27.0. The van der Waals surface area contributed by atoms with E-state index in [0.717, 1.165) is 17.0 Å². The first kappa shape index (κ1) is 23.4. The number of nitrogens with one attached hydrogen (secondary N) is 1. The van der Waals surface area contributed by atoms with E-state index >= 15 is 0 Å². The van der Waals surface area contributed by atoms with Gasteiger partial charge in [0.05, 0.1) is 12.4 Å². The molecule has 174 valence electrons. The van der Waals surface area contributed by atoms with Gasteiger partial charge in [-0.25, -0.2) is 0 Å². The number of amides is 1. The molecular formula is C26H26N4O3S. The van der Waals surface area contributed by atoms with Gasteiger partial charge in [-0.1, -0.05) is 60.3 Å². The van der Waals surface area contributed by atoms with E-state index in [1.807, 2.05) is 96.4 Å². The molecule has 8 heteroatoms. The molecule has 0 fully saturated rings.